The SMILES string of the molecule is [2H]B(O)PC. The van der Waals surface area contributed by atoms with Gasteiger partial charge in [-0.15, -0.1) is 8.46 Å². The van der Waals surface area contributed by atoms with E-state index in [9.17, 15) is 0 Å². The van der Waals surface area contributed by atoms with Gasteiger partial charge in [0.25, 0.3) is 7.17 Å². The van der Waals surface area contributed by atoms with E-state index in [-0.39, 0.29) is 0 Å². The lowest BCUT2D eigenvalue weighted by atomic mass is 10.6. The van der Waals surface area contributed by atoms with E-state index in [1.54, 1.807) is 6.66 Å². The Kier molecular flexibility index (Phi) is 2.31. The van der Waals surface area contributed by atoms with Crippen LogP contribution in [0.4, 0.5) is 0 Å². The molecule has 24 valence electrons. The average molecular weight is 76.9 g/mol. The third-order valence-corrected chi connectivity index (χ3v) is 0.387. The summed E-state index contributed by atoms with van der Waals surface area (Å²) in [6.45, 7) is 1.79. The smallest absolute Gasteiger partial charge is 0.296 e. The molecule has 0 aliphatic heterocycles. The van der Waals surface area contributed by atoms with Crippen LogP contribution in [0.1, 0.15) is 0 Å². The summed E-state index contributed by atoms with van der Waals surface area (Å²) in [5.74, 6) is 0. The van der Waals surface area contributed by atoms with Crippen molar-refractivity contribution in [1.82, 2.24) is 0 Å². The third-order valence-electron chi connectivity index (χ3n) is 0.129. The van der Waals surface area contributed by atoms with E-state index >= 15 is 0 Å². The highest BCUT2D eigenvalue weighted by Crippen LogP contribution is 1.89. The third kappa shape index (κ3) is 2.45. The average Bonchev–Trinajstić information content (AvgIpc) is 1.38. The highest BCUT2D eigenvalue weighted by molar-refractivity contribution is 7.68. The van der Waals surface area contributed by atoms with E-state index in [1.807, 2.05) is 0 Å². The van der Waals surface area contributed by atoms with Crippen LogP contribution >= 0.6 is 8.46 Å². The second-order valence-corrected chi connectivity index (χ2v) is 1.25. The maximum atomic E-state index is 8.04. The topological polar surface area (TPSA) is 20.2 Å². The van der Waals surface area contributed by atoms with Gasteiger partial charge in [0, 0.05) is 1.34 Å². The molecular weight excluding hydrogens is 69.8 g/mol. The molecule has 0 saturated carbocycles. The quantitative estimate of drug-likeness (QED) is 0.332. The molecule has 0 amide bonds. The molecule has 1 atom stereocenters. The molecule has 1 N–H and O–H groups in total. The first-order valence-corrected chi connectivity index (χ1v) is 2.62. The lowest BCUT2D eigenvalue weighted by Gasteiger charge is -1.65. The maximum absolute atomic E-state index is 8.04. The first-order valence-electron chi connectivity index (χ1n) is 1.62. The van der Waals surface area contributed by atoms with Gasteiger partial charge in [-0.1, -0.05) is 6.66 Å². The summed E-state index contributed by atoms with van der Waals surface area (Å²) in [5, 5.41) is 8.04. The van der Waals surface area contributed by atoms with E-state index in [1.165, 1.54) is 0 Å². The fraction of sp³-hybridized carbons (Fsp3) is 1.00. The van der Waals surface area contributed by atoms with Crippen molar-refractivity contribution in [2.45, 2.75) is 0 Å². The van der Waals surface area contributed by atoms with E-state index < -0.39 is 7.17 Å². The molecule has 0 aliphatic carbocycles. The fourth-order valence-electron chi connectivity index (χ4n) is 0. The largest absolute Gasteiger partial charge is 0.449 e. The van der Waals surface area contributed by atoms with Crippen LogP contribution < -0.4 is 0 Å². The number of hydrogen-bond donors (Lipinski definition) is 1. The zero-order chi connectivity index (χ0) is 4.28. The molecule has 0 aromatic heterocycles. The monoisotopic (exact) mass is 77.0 g/mol. The van der Waals surface area contributed by atoms with Crippen LogP contribution in [0.2, 0.25) is 0 Å². The number of hydrogen-bond acceptors (Lipinski definition) is 1. The summed E-state index contributed by atoms with van der Waals surface area (Å²) >= 11 is 0. The van der Waals surface area contributed by atoms with Crippen LogP contribution in [0.25, 0.3) is 0 Å². The molecule has 3 heteroatoms. The minimum atomic E-state index is -0.838. The highest BCUT2D eigenvalue weighted by atomic mass is 31.1. The van der Waals surface area contributed by atoms with Crippen molar-refractivity contribution < 1.29 is 5.02 Å². The van der Waals surface area contributed by atoms with E-state index in [0.717, 1.165) is 0 Å². The van der Waals surface area contributed by atoms with Crippen molar-refractivity contribution >= 4 is 15.6 Å². The molecular formula is CH6BOP. The second kappa shape index (κ2) is 3.45. The Morgan fingerprint density at radius 1 is 2.50 bits per heavy atom. The molecule has 0 rings (SSSR count). The molecule has 0 fully saturated rings. The molecule has 0 aromatic carbocycles. The molecule has 1 unspecified atom stereocenters. The van der Waals surface area contributed by atoms with E-state index in [4.69, 9.17) is 6.36 Å². The molecule has 0 spiro atoms. The van der Waals surface area contributed by atoms with Crippen molar-refractivity contribution in [2.75, 3.05) is 6.66 Å². The summed E-state index contributed by atoms with van der Waals surface area (Å²) in [6, 6.07) is 0. The fourth-order valence-corrected chi connectivity index (χ4v) is 0. The van der Waals surface area contributed by atoms with Crippen LogP contribution in [0, 0.1) is 0 Å². The molecule has 0 radical (unpaired) electrons. The second-order valence-electron chi connectivity index (χ2n) is 0.418. The standard InChI is InChI=1S/CH6BOP/c1-4-2-3/h2-4H,1H3/i2D. The van der Waals surface area contributed by atoms with Gasteiger partial charge >= 0.3 is 0 Å². The van der Waals surface area contributed by atoms with Gasteiger partial charge < -0.3 is 5.02 Å². The number of rotatable bonds is 1. The molecule has 0 saturated heterocycles. The van der Waals surface area contributed by atoms with Gasteiger partial charge in [-0.3, -0.25) is 0 Å². The van der Waals surface area contributed by atoms with Gasteiger partial charge in [0.05, 0.1) is 0 Å². The first-order chi connectivity index (χ1) is 2.27. The van der Waals surface area contributed by atoms with Gasteiger partial charge in [0.1, 0.15) is 0 Å². The predicted molar refractivity (Wildman–Crippen MR) is 23.6 cm³/mol. The lowest BCUT2D eigenvalue weighted by Crippen LogP contribution is -1.66. The minimum Gasteiger partial charge on any atom is -0.449 e. The zero-order valence-corrected chi connectivity index (χ0v) is 3.52. The van der Waals surface area contributed by atoms with Gasteiger partial charge in [-0.25, -0.2) is 0 Å². The minimum absolute atomic E-state index is 0.336. The van der Waals surface area contributed by atoms with Crippen molar-refractivity contribution in [1.29, 1.82) is 1.34 Å². The predicted octanol–water partition coefficient (Wildman–Crippen LogP) is -0.447. The Balaban J connectivity index is 2.54. The van der Waals surface area contributed by atoms with Crippen LogP contribution in [-0.4, -0.2) is 20.2 Å². The Bertz CT molecular complexity index is 25.6. The van der Waals surface area contributed by atoms with Crippen LogP contribution in [0.5, 0.6) is 0 Å². The van der Waals surface area contributed by atoms with E-state index in [2.05, 4.69) is 0 Å². The zero-order valence-electron chi connectivity index (χ0n) is 3.52. The highest BCUT2D eigenvalue weighted by Gasteiger charge is 1.63. The van der Waals surface area contributed by atoms with Gasteiger partial charge in [0.15, 0.2) is 0 Å². The van der Waals surface area contributed by atoms with Crippen LogP contribution in [0.3, 0.4) is 0 Å². The molecule has 0 aliphatic rings. The van der Waals surface area contributed by atoms with Crippen molar-refractivity contribution in [3.63, 3.8) is 0 Å². The Hall–Kier alpha value is 0.455. The van der Waals surface area contributed by atoms with Gasteiger partial charge in [-0.05, 0) is 0 Å². The lowest BCUT2D eigenvalue weighted by molar-refractivity contribution is 0.622. The summed E-state index contributed by atoms with van der Waals surface area (Å²) in [7, 11) is -0.502. The summed E-state index contributed by atoms with van der Waals surface area (Å²) in [6.07, 6.45) is 0. The van der Waals surface area contributed by atoms with Crippen molar-refractivity contribution in [2.24, 2.45) is 0 Å². The van der Waals surface area contributed by atoms with E-state index in [0.29, 0.717) is 8.46 Å². The summed E-state index contributed by atoms with van der Waals surface area (Å²) in [5.41, 5.74) is 0. The molecule has 0 heterocycles. The Morgan fingerprint density at radius 3 is 2.75 bits per heavy atom. The van der Waals surface area contributed by atoms with Crippen molar-refractivity contribution in [3.05, 3.63) is 0 Å². The van der Waals surface area contributed by atoms with Crippen molar-refractivity contribution in [3.8, 4) is 0 Å². The van der Waals surface area contributed by atoms with Crippen LogP contribution in [-0.2, 0) is 0 Å². The first kappa shape index (κ1) is 2.68. The summed E-state index contributed by atoms with van der Waals surface area (Å²) in [4.78, 5) is 0. The molecule has 0 bridgehead atoms. The summed E-state index contributed by atoms with van der Waals surface area (Å²) < 4.78 is 6.39. The van der Waals surface area contributed by atoms with Crippen LogP contribution in [0.15, 0.2) is 0 Å². The molecule has 4 heavy (non-hydrogen) atoms. The molecule has 1 nitrogen and oxygen atoms in total. The maximum Gasteiger partial charge on any atom is 0.296 e. The normalized spacial score (nSPS) is 13.0. The Morgan fingerprint density at radius 2 is 2.75 bits per heavy atom. The Labute approximate surface area is 29.8 Å². The van der Waals surface area contributed by atoms with Gasteiger partial charge in [-0.2, -0.15) is 0 Å². The van der Waals surface area contributed by atoms with Gasteiger partial charge in [0.2, 0.25) is 0 Å². The molecule has 0 aromatic rings.